The summed E-state index contributed by atoms with van der Waals surface area (Å²) in [4.78, 5) is 23.5. The molecule has 1 atom stereocenters. The Labute approximate surface area is 105 Å². The van der Waals surface area contributed by atoms with Gasteiger partial charge in [0.05, 0.1) is 18.9 Å². The Morgan fingerprint density at radius 1 is 1.67 bits per heavy atom. The van der Waals surface area contributed by atoms with Gasteiger partial charge in [-0.3, -0.25) is 14.3 Å². The minimum absolute atomic E-state index is 0.0641. The molecule has 2 rings (SSSR count). The van der Waals surface area contributed by atoms with Crippen LogP contribution in [0.5, 0.6) is 0 Å². The maximum Gasteiger partial charge on any atom is 0.319 e. The Bertz CT molecular complexity index is 494. The molecular weight excluding hydrogens is 236 g/mol. The van der Waals surface area contributed by atoms with Crippen LogP contribution >= 0.6 is 0 Å². The first kappa shape index (κ1) is 12.8. The highest BCUT2D eigenvalue weighted by atomic mass is 16.5. The first-order valence-electron chi connectivity index (χ1n) is 5.80. The van der Waals surface area contributed by atoms with Crippen molar-refractivity contribution in [3.05, 3.63) is 17.5 Å². The molecule has 1 aromatic heterocycles. The number of carboxylic acid groups (broad SMARTS) is 1. The lowest BCUT2D eigenvalue weighted by molar-refractivity contribution is -0.164. The van der Waals surface area contributed by atoms with Gasteiger partial charge in [-0.05, 0) is 13.0 Å². The van der Waals surface area contributed by atoms with Crippen LogP contribution in [0.25, 0.3) is 0 Å². The molecule has 98 valence electrons. The molecule has 6 nitrogen and oxygen atoms in total. The monoisotopic (exact) mass is 252 g/mol. The lowest BCUT2D eigenvalue weighted by Gasteiger charge is -2.31. The number of rotatable bonds is 3. The number of ketones is 1. The highest BCUT2D eigenvalue weighted by Crippen LogP contribution is 2.30. The summed E-state index contributed by atoms with van der Waals surface area (Å²) >= 11 is 0. The molecule has 0 bridgehead atoms. The van der Waals surface area contributed by atoms with Crippen molar-refractivity contribution in [2.75, 3.05) is 13.2 Å². The van der Waals surface area contributed by atoms with Crippen LogP contribution in [0.3, 0.4) is 0 Å². The Hall–Kier alpha value is -1.69. The van der Waals surface area contributed by atoms with Crippen molar-refractivity contribution in [3.8, 4) is 0 Å². The van der Waals surface area contributed by atoms with E-state index in [1.165, 1.54) is 0 Å². The summed E-state index contributed by atoms with van der Waals surface area (Å²) in [6.07, 6.45) is 0.279. The highest BCUT2D eigenvalue weighted by Gasteiger charge is 2.48. The number of Topliss-reactive ketones (excluding diaryl/α,β-unsaturated/α-hetero) is 1. The summed E-state index contributed by atoms with van der Waals surface area (Å²) in [6, 6.07) is 1.80. The third kappa shape index (κ3) is 2.03. The summed E-state index contributed by atoms with van der Waals surface area (Å²) in [5.74, 6) is -1.38. The van der Waals surface area contributed by atoms with E-state index in [-0.39, 0.29) is 25.2 Å². The van der Waals surface area contributed by atoms with E-state index < -0.39 is 11.4 Å². The summed E-state index contributed by atoms with van der Waals surface area (Å²) < 4.78 is 6.82. The average Bonchev–Trinajstić information content (AvgIpc) is 2.60. The van der Waals surface area contributed by atoms with E-state index >= 15 is 0 Å². The molecule has 2 heterocycles. The lowest BCUT2D eigenvalue weighted by Crippen LogP contribution is -2.49. The quantitative estimate of drug-likeness (QED) is 0.784. The Balaban J connectivity index is 2.34. The van der Waals surface area contributed by atoms with Crippen molar-refractivity contribution < 1.29 is 19.4 Å². The molecule has 1 saturated heterocycles. The van der Waals surface area contributed by atoms with Gasteiger partial charge in [0.1, 0.15) is 0 Å². The smallest absolute Gasteiger partial charge is 0.319 e. The Morgan fingerprint density at radius 2 is 2.39 bits per heavy atom. The maximum absolute atomic E-state index is 12.0. The number of carbonyl (C=O) groups excluding carboxylic acids is 1. The molecule has 0 radical (unpaired) electrons. The van der Waals surface area contributed by atoms with Gasteiger partial charge in [-0.2, -0.15) is 5.10 Å². The summed E-state index contributed by atoms with van der Waals surface area (Å²) in [7, 11) is 1.74. The Morgan fingerprint density at radius 3 is 2.89 bits per heavy atom. The number of aliphatic carboxylic acids is 1. The summed E-state index contributed by atoms with van der Waals surface area (Å²) in [5, 5.41) is 13.6. The van der Waals surface area contributed by atoms with E-state index in [4.69, 9.17) is 4.74 Å². The average molecular weight is 252 g/mol. The number of ether oxygens (including phenoxy) is 1. The summed E-state index contributed by atoms with van der Waals surface area (Å²) in [5.41, 5.74) is 0.0735. The van der Waals surface area contributed by atoms with Crippen molar-refractivity contribution in [1.29, 1.82) is 0 Å². The predicted molar refractivity (Wildman–Crippen MR) is 62.2 cm³/mol. The van der Waals surface area contributed by atoms with Gasteiger partial charge < -0.3 is 9.84 Å². The molecule has 1 aliphatic heterocycles. The molecule has 0 amide bonds. The van der Waals surface area contributed by atoms with Gasteiger partial charge in [-0.25, -0.2) is 0 Å². The van der Waals surface area contributed by atoms with E-state index in [0.717, 1.165) is 11.4 Å². The fourth-order valence-corrected chi connectivity index (χ4v) is 2.28. The minimum atomic E-state index is -1.46. The van der Waals surface area contributed by atoms with E-state index in [0.29, 0.717) is 6.61 Å². The highest BCUT2D eigenvalue weighted by molar-refractivity contribution is 6.04. The fourth-order valence-electron chi connectivity index (χ4n) is 2.28. The van der Waals surface area contributed by atoms with Crippen molar-refractivity contribution in [3.63, 3.8) is 0 Å². The van der Waals surface area contributed by atoms with Crippen LogP contribution in [0.4, 0.5) is 0 Å². The van der Waals surface area contributed by atoms with Gasteiger partial charge in [0.15, 0.2) is 11.2 Å². The number of carbonyl (C=O) groups is 2. The first-order valence-corrected chi connectivity index (χ1v) is 5.80. The second-order valence-electron chi connectivity index (χ2n) is 4.69. The van der Waals surface area contributed by atoms with Crippen LogP contribution in [-0.4, -0.2) is 39.9 Å². The number of aryl methyl sites for hydroxylation is 2. The van der Waals surface area contributed by atoms with Crippen molar-refractivity contribution in [1.82, 2.24) is 9.78 Å². The van der Waals surface area contributed by atoms with E-state index in [2.05, 4.69) is 5.10 Å². The first-order chi connectivity index (χ1) is 8.45. The Kier molecular flexibility index (Phi) is 3.21. The molecule has 0 saturated carbocycles. The van der Waals surface area contributed by atoms with Crippen molar-refractivity contribution in [2.24, 2.45) is 12.5 Å². The van der Waals surface area contributed by atoms with E-state index in [9.17, 15) is 14.7 Å². The number of hydrogen-bond donors (Lipinski definition) is 1. The summed E-state index contributed by atoms with van der Waals surface area (Å²) in [6.45, 7) is 2.07. The van der Waals surface area contributed by atoms with Gasteiger partial charge >= 0.3 is 5.97 Å². The molecule has 1 fully saturated rings. The molecule has 0 aromatic carbocycles. The van der Waals surface area contributed by atoms with Gasteiger partial charge in [0, 0.05) is 25.6 Å². The zero-order chi connectivity index (χ0) is 13.3. The molecule has 1 aromatic rings. The van der Waals surface area contributed by atoms with Crippen LogP contribution in [-0.2, 0) is 27.8 Å². The second kappa shape index (κ2) is 4.53. The third-order valence-corrected chi connectivity index (χ3v) is 3.35. The number of carboxylic acids is 1. The molecule has 1 unspecified atom stereocenters. The number of nitrogens with zero attached hydrogens (tertiary/aromatic N) is 2. The second-order valence-corrected chi connectivity index (χ2v) is 4.69. The van der Waals surface area contributed by atoms with Crippen LogP contribution in [0.15, 0.2) is 6.07 Å². The molecule has 0 spiro atoms. The maximum atomic E-state index is 12.0. The molecular formula is C12H16N2O4. The normalized spacial score (nSPS) is 24.2. The van der Waals surface area contributed by atoms with Gasteiger partial charge in [0.25, 0.3) is 0 Å². The van der Waals surface area contributed by atoms with Crippen molar-refractivity contribution in [2.45, 2.75) is 19.8 Å². The predicted octanol–water partition coefficient (Wildman–Crippen LogP) is 0.331. The molecule has 18 heavy (non-hydrogen) atoms. The van der Waals surface area contributed by atoms with Crippen LogP contribution in [0.2, 0.25) is 0 Å². The third-order valence-electron chi connectivity index (χ3n) is 3.35. The number of aromatic nitrogens is 2. The van der Waals surface area contributed by atoms with Crippen molar-refractivity contribution >= 4 is 11.8 Å². The van der Waals surface area contributed by atoms with Gasteiger partial charge in [-0.1, -0.05) is 0 Å². The zero-order valence-electron chi connectivity index (χ0n) is 10.5. The lowest BCUT2D eigenvalue weighted by atomic mass is 9.77. The zero-order valence-corrected chi connectivity index (χ0v) is 10.5. The molecule has 6 heteroatoms. The van der Waals surface area contributed by atoms with Crippen LogP contribution in [0.1, 0.15) is 17.8 Å². The standard InChI is InChI=1S/C12H16N2O4/c1-8-5-9(14(2)13-8)6-12(11(16)17)7-18-4-3-10(12)15/h5H,3-4,6-7H2,1-2H3,(H,16,17). The van der Waals surface area contributed by atoms with Crippen LogP contribution in [0, 0.1) is 12.3 Å². The topological polar surface area (TPSA) is 81.4 Å². The van der Waals surface area contributed by atoms with Crippen LogP contribution < -0.4 is 0 Å². The molecule has 0 aliphatic carbocycles. The number of hydrogen-bond acceptors (Lipinski definition) is 4. The van der Waals surface area contributed by atoms with Gasteiger partial charge in [-0.15, -0.1) is 0 Å². The SMILES string of the molecule is Cc1cc(CC2(C(=O)O)COCCC2=O)n(C)n1. The minimum Gasteiger partial charge on any atom is -0.480 e. The fraction of sp³-hybridized carbons (Fsp3) is 0.583. The molecule has 1 aliphatic rings. The largest absolute Gasteiger partial charge is 0.480 e. The van der Waals surface area contributed by atoms with E-state index in [1.807, 2.05) is 6.92 Å². The van der Waals surface area contributed by atoms with Gasteiger partial charge in [0.2, 0.25) is 0 Å². The van der Waals surface area contributed by atoms with E-state index in [1.54, 1.807) is 17.8 Å². The molecule has 1 N–H and O–H groups in total.